The number of hydrogen-bond acceptors (Lipinski definition) is 2. The summed E-state index contributed by atoms with van der Waals surface area (Å²) in [7, 11) is 0. The molecule has 1 fully saturated rings. The van der Waals surface area contributed by atoms with Crippen molar-refractivity contribution < 1.29 is 0 Å². The summed E-state index contributed by atoms with van der Waals surface area (Å²) in [5, 5.41) is 0. The minimum absolute atomic E-state index is 0.290. The van der Waals surface area contributed by atoms with E-state index in [1.807, 2.05) is 12.5 Å². The maximum Gasteiger partial charge on any atom is 0.0949 e. The van der Waals surface area contributed by atoms with Crippen LogP contribution in [0.5, 0.6) is 0 Å². The van der Waals surface area contributed by atoms with E-state index >= 15 is 0 Å². The fourth-order valence-corrected chi connectivity index (χ4v) is 3.04. The lowest BCUT2D eigenvalue weighted by atomic mass is 9.94. The van der Waals surface area contributed by atoms with Crippen molar-refractivity contribution in [2.24, 2.45) is 5.73 Å². The molecule has 1 aliphatic carbocycles. The Balaban J connectivity index is 1.94. The Hall–Kier alpha value is -0.830. The highest BCUT2D eigenvalue weighted by molar-refractivity contribution is 4.86. The van der Waals surface area contributed by atoms with Gasteiger partial charge in [-0.2, -0.15) is 0 Å². The van der Waals surface area contributed by atoms with Gasteiger partial charge in [0.05, 0.1) is 6.33 Å². The minimum atomic E-state index is 0.290. The molecule has 102 valence electrons. The third-order valence-corrected chi connectivity index (χ3v) is 4.19. The van der Waals surface area contributed by atoms with Crippen molar-refractivity contribution in [3.8, 4) is 0 Å². The van der Waals surface area contributed by atoms with Crippen LogP contribution in [0.25, 0.3) is 0 Å². The molecule has 2 atom stereocenters. The number of nitrogens with zero attached hydrogens (tertiary/aromatic N) is 2. The highest BCUT2D eigenvalue weighted by Crippen LogP contribution is 2.24. The third kappa shape index (κ3) is 4.13. The maximum atomic E-state index is 6.40. The van der Waals surface area contributed by atoms with Crippen LogP contribution in [-0.2, 0) is 0 Å². The lowest BCUT2D eigenvalue weighted by Gasteiger charge is -2.25. The van der Waals surface area contributed by atoms with Gasteiger partial charge in [-0.1, -0.05) is 51.4 Å². The van der Waals surface area contributed by atoms with Crippen LogP contribution in [-0.4, -0.2) is 15.6 Å². The van der Waals surface area contributed by atoms with Crippen molar-refractivity contribution in [3.63, 3.8) is 0 Å². The lowest BCUT2D eigenvalue weighted by Crippen LogP contribution is -2.32. The van der Waals surface area contributed by atoms with Crippen molar-refractivity contribution in [2.75, 3.05) is 0 Å². The van der Waals surface area contributed by atoms with Gasteiger partial charge in [-0.3, -0.25) is 0 Å². The molecule has 2 rings (SSSR count). The summed E-state index contributed by atoms with van der Waals surface area (Å²) < 4.78 is 2.22. The first-order valence-electron chi connectivity index (χ1n) is 7.61. The molecule has 0 saturated heterocycles. The normalized spacial score (nSPS) is 28.3. The first kappa shape index (κ1) is 13.6. The average Bonchev–Trinajstić information content (AvgIpc) is 2.87. The molecule has 1 saturated carbocycles. The van der Waals surface area contributed by atoms with Crippen molar-refractivity contribution in [1.82, 2.24) is 9.55 Å². The van der Waals surface area contributed by atoms with Crippen LogP contribution < -0.4 is 5.73 Å². The van der Waals surface area contributed by atoms with Gasteiger partial charge in [0.1, 0.15) is 0 Å². The van der Waals surface area contributed by atoms with Crippen molar-refractivity contribution in [1.29, 1.82) is 0 Å². The molecule has 3 heteroatoms. The lowest BCUT2D eigenvalue weighted by molar-refractivity contribution is 0.341. The molecule has 1 aromatic heterocycles. The number of nitrogens with two attached hydrogens (primary N) is 1. The predicted molar refractivity (Wildman–Crippen MR) is 75.4 cm³/mol. The van der Waals surface area contributed by atoms with Gasteiger partial charge >= 0.3 is 0 Å². The second-order valence-electron chi connectivity index (χ2n) is 5.65. The van der Waals surface area contributed by atoms with Gasteiger partial charge in [0.15, 0.2) is 0 Å². The molecule has 1 aliphatic rings. The van der Waals surface area contributed by atoms with E-state index in [0.717, 1.165) is 6.42 Å². The van der Waals surface area contributed by atoms with E-state index in [1.165, 1.54) is 57.8 Å². The molecule has 0 aliphatic heterocycles. The van der Waals surface area contributed by atoms with Crippen LogP contribution in [0, 0.1) is 0 Å². The molecule has 3 nitrogen and oxygen atoms in total. The van der Waals surface area contributed by atoms with E-state index in [9.17, 15) is 0 Å². The Morgan fingerprint density at radius 2 is 1.50 bits per heavy atom. The zero-order valence-corrected chi connectivity index (χ0v) is 11.4. The summed E-state index contributed by atoms with van der Waals surface area (Å²) in [5.41, 5.74) is 6.40. The van der Waals surface area contributed by atoms with Crippen molar-refractivity contribution >= 4 is 0 Å². The van der Waals surface area contributed by atoms with Gasteiger partial charge in [0, 0.05) is 24.5 Å². The molecule has 0 spiro atoms. The molecule has 1 heterocycles. The van der Waals surface area contributed by atoms with Gasteiger partial charge in [-0.05, 0) is 12.8 Å². The zero-order chi connectivity index (χ0) is 12.6. The summed E-state index contributed by atoms with van der Waals surface area (Å²) in [6, 6.07) is 0.741. The molecule has 0 aromatic carbocycles. The maximum absolute atomic E-state index is 6.40. The highest BCUT2D eigenvalue weighted by Gasteiger charge is 2.18. The molecule has 0 radical (unpaired) electrons. The smallest absolute Gasteiger partial charge is 0.0949 e. The first-order valence-corrected chi connectivity index (χ1v) is 7.61. The molecule has 1 aromatic rings. The van der Waals surface area contributed by atoms with E-state index in [-0.39, 0.29) is 0 Å². The third-order valence-electron chi connectivity index (χ3n) is 4.19. The average molecular weight is 249 g/mol. The minimum Gasteiger partial charge on any atom is -0.333 e. The molecule has 2 unspecified atom stereocenters. The fraction of sp³-hybridized carbons (Fsp3) is 0.800. The number of aromatic nitrogens is 2. The molecule has 18 heavy (non-hydrogen) atoms. The van der Waals surface area contributed by atoms with Crippen LogP contribution in [0.4, 0.5) is 0 Å². The largest absolute Gasteiger partial charge is 0.333 e. The van der Waals surface area contributed by atoms with E-state index in [1.54, 1.807) is 0 Å². The Kier molecular flexibility index (Phi) is 5.72. The van der Waals surface area contributed by atoms with Gasteiger partial charge < -0.3 is 10.3 Å². The van der Waals surface area contributed by atoms with E-state index in [0.29, 0.717) is 12.1 Å². The number of hydrogen-bond donors (Lipinski definition) is 1. The van der Waals surface area contributed by atoms with Crippen LogP contribution in [0.2, 0.25) is 0 Å². The van der Waals surface area contributed by atoms with Gasteiger partial charge in [-0.25, -0.2) is 4.98 Å². The predicted octanol–water partition coefficient (Wildman–Crippen LogP) is 3.67. The van der Waals surface area contributed by atoms with Crippen LogP contribution in [0.15, 0.2) is 18.7 Å². The molecule has 0 amide bonds. The van der Waals surface area contributed by atoms with E-state index in [4.69, 9.17) is 5.73 Å². The van der Waals surface area contributed by atoms with E-state index in [2.05, 4.69) is 15.7 Å². The topological polar surface area (TPSA) is 43.8 Å². The van der Waals surface area contributed by atoms with Crippen LogP contribution in [0.1, 0.15) is 70.3 Å². The number of imidazole rings is 1. The summed E-state index contributed by atoms with van der Waals surface area (Å²) >= 11 is 0. The van der Waals surface area contributed by atoms with Crippen molar-refractivity contribution in [3.05, 3.63) is 18.7 Å². The Labute approximate surface area is 111 Å². The molecular formula is C15H27N3. The molecular weight excluding hydrogens is 222 g/mol. The summed E-state index contributed by atoms with van der Waals surface area (Å²) in [4.78, 5) is 4.17. The Morgan fingerprint density at radius 1 is 0.889 bits per heavy atom. The van der Waals surface area contributed by atoms with E-state index < -0.39 is 0 Å². The Morgan fingerprint density at radius 3 is 2.11 bits per heavy atom. The quantitative estimate of drug-likeness (QED) is 0.825. The standard InChI is InChI=1S/C15H27N3/c16-14-9-7-5-3-1-2-4-6-8-10-15(14)18-12-11-17-13-18/h11-15H,1-10,16H2. The fourth-order valence-electron chi connectivity index (χ4n) is 3.04. The summed E-state index contributed by atoms with van der Waals surface area (Å²) in [5.74, 6) is 0. The zero-order valence-electron chi connectivity index (χ0n) is 11.4. The van der Waals surface area contributed by atoms with Gasteiger partial charge in [0.2, 0.25) is 0 Å². The molecule has 2 N–H and O–H groups in total. The SMILES string of the molecule is NC1CCCCCCCCCCC1n1ccnc1. The summed E-state index contributed by atoms with van der Waals surface area (Å²) in [6.07, 6.45) is 19.1. The summed E-state index contributed by atoms with van der Waals surface area (Å²) in [6.45, 7) is 0. The second-order valence-corrected chi connectivity index (χ2v) is 5.65. The second kappa shape index (κ2) is 7.57. The van der Waals surface area contributed by atoms with Crippen LogP contribution in [0.3, 0.4) is 0 Å². The molecule has 0 bridgehead atoms. The van der Waals surface area contributed by atoms with Gasteiger partial charge in [0.25, 0.3) is 0 Å². The van der Waals surface area contributed by atoms with Gasteiger partial charge in [-0.15, -0.1) is 0 Å². The number of rotatable bonds is 1. The van der Waals surface area contributed by atoms with Crippen LogP contribution >= 0.6 is 0 Å². The van der Waals surface area contributed by atoms with Crippen molar-refractivity contribution in [2.45, 2.75) is 76.3 Å². The first-order chi connectivity index (χ1) is 8.88. The monoisotopic (exact) mass is 249 g/mol. The highest BCUT2D eigenvalue weighted by atomic mass is 15.1. The Bertz CT molecular complexity index is 308.